The Morgan fingerprint density at radius 3 is 2.32 bits per heavy atom. The third-order valence-electron chi connectivity index (χ3n) is 5.36. The van der Waals surface area contributed by atoms with Gasteiger partial charge >= 0.3 is 12.2 Å². The summed E-state index contributed by atoms with van der Waals surface area (Å²) in [6.07, 6.45) is 0.768. The quantitative estimate of drug-likeness (QED) is 0.829. The van der Waals surface area contributed by atoms with E-state index in [0.717, 1.165) is 18.4 Å². The number of hydrogen-bond donors (Lipinski definition) is 2. The van der Waals surface area contributed by atoms with Crippen molar-refractivity contribution in [1.29, 1.82) is 0 Å². The van der Waals surface area contributed by atoms with E-state index in [4.69, 9.17) is 15.2 Å². The third-order valence-corrected chi connectivity index (χ3v) is 5.36. The summed E-state index contributed by atoms with van der Waals surface area (Å²) in [7, 11) is 0. The number of nitrogens with one attached hydrogen (secondary N) is 1. The second kappa shape index (κ2) is 8.39. The smallest absolute Gasteiger partial charge is 0.410 e. The lowest BCUT2D eigenvalue weighted by Crippen LogP contribution is -2.61. The highest BCUT2D eigenvalue weighted by Gasteiger charge is 2.43. The molecule has 2 amide bonds. The van der Waals surface area contributed by atoms with Crippen LogP contribution >= 0.6 is 0 Å². The summed E-state index contributed by atoms with van der Waals surface area (Å²) in [5.41, 5.74) is 6.82. The first-order valence-electron chi connectivity index (χ1n) is 9.92. The highest BCUT2D eigenvalue weighted by molar-refractivity contribution is 5.69. The molecule has 1 heterocycles. The average Bonchev–Trinajstić information content (AvgIpc) is 2.60. The fourth-order valence-corrected chi connectivity index (χ4v) is 4.08. The molecule has 28 heavy (non-hydrogen) atoms. The van der Waals surface area contributed by atoms with E-state index in [1.807, 2.05) is 51.1 Å². The maximum absolute atomic E-state index is 12.4. The number of amides is 2. The van der Waals surface area contributed by atoms with Crippen molar-refractivity contribution in [2.75, 3.05) is 13.1 Å². The molecule has 7 nitrogen and oxygen atoms in total. The number of rotatable bonds is 3. The topological polar surface area (TPSA) is 93.9 Å². The van der Waals surface area contributed by atoms with Crippen LogP contribution in [0.2, 0.25) is 0 Å². The molecule has 4 atom stereocenters. The number of hydrogen-bond acceptors (Lipinski definition) is 5. The van der Waals surface area contributed by atoms with Gasteiger partial charge in [0.25, 0.3) is 0 Å². The number of carbonyl (C=O) groups is 2. The van der Waals surface area contributed by atoms with Crippen molar-refractivity contribution in [1.82, 2.24) is 10.2 Å². The van der Waals surface area contributed by atoms with Gasteiger partial charge in [-0.1, -0.05) is 30.3 Å². The number of nitrogens with zero attached hydrogens (tertiary/aromatic N) is 1. The summed E-state index contributed by atoms with van der Waals surface area (Å²) in [5, 5.41) is 2.97. The van der Waals surface area contributed by atoms with Crippen molar-refractivity contribution < 1.29 is 19.1 Å². The van der Waals surface area contributed by atoms with Gasteiger partial charge in [0.05, 0.1) is 0 Å². The van der Waals surface area contributed by atoms with E-state index in [2.05, 4.69) is 5.32 Å². The Morgan fingerprint density at radius 1 is 1.14 bits per heavy atom. The molecule has 1 aliphatic carbocycles. The number of ether oxygens (including phenoxy) is 2. The van der Waals surface area contributed by atoms with Gasteiger partial charge in [-0.25, -0.2) is 9.59 Å². The van der Waals surface area contributed by atoms with Crippen LogP contribution < -0.4 is 11.1 Å². The summed E-state index contributed by atoms with van der Waals surface area (Å²) in [5.74, 6) is 0.277. The first kappa shape index (κ1) is 20.5. The lowest BCUT2D eigenvalue weighted by atomic mass is 9.72. The van der Waals surface area contributed by atoms with Crippen LogP contribution in [-0.2, 0) is 16.1 Å². The van der Waals surface area contributed by atoms with E-state index in [1.165, 1.54) is 0 Å². The standard InChI is InChI=1S/C21H31N3O4/c1-21(2,3)28-20(26)24-11-15-9-17(10-16(12-24)18(15)22)23-19(25)27-13-14-7-5-4-6-8-14/h4-8,15-18H,9-13,22H2,1-3H3,(H,23,25)/t15-,16+,17?,18?. The molecule has 0 radical (unpaired) electrons. The largest absolute Gasteiger partial charge is 0.445 e. The molecule has 3 rings (SSSR count). The Balaban J connectivity index is 1.50. The first-order valence-corrected chi connectivity index (χ1v) is 9.92. The van der Waals surface area contributed by atoms with Gasteiger partial charge in [-0.15, -0.1) is 0 Å². The third kappa shape index (κ3) is 5.38. The number of likely N-dealkylation sites (tertiary alicyclic amines) is 1. The van der Waals surface area contributed by atoms with Gasteiger partial charge in [0, 0.05) is 25.2 Å². The molecule has 1 aromatic rings. The highest BCUT2D eigenvalue weighted by Crippen LogP contribution is 2.34. The van der Waals surface area contributed by atoms with Crippen LogP contribution in [0.25, 0.3) is 0 Å². The predicted octanol–water partition coefficient (Wildman–Crippen LogP) is 2.89. The molecule has 1 saturated heterocycles. The lowest BCUT2D eigenvalue weighted by Gasteiger charge is -2.48. The number of fused-ring (bicyclic) bond motifs is 2. The Hall–Kier alpha value is -2.28. The van der Waals surface area contributed by atoms with E-state index in [9.17, 15) is 9.59 Å². The highest BCUT2D eigenvalue weighted by atomic mass is 16.6. The maximum Gasteiger partial charge on any atom is 0.410 e. The van der Waals surface area contributed by atoms with Crippen LogP contribution in [0.4, 0.5) is 9.59 Å². The van der Waals surface area contributed by atoms with Gasteiger partial charge in [0.1, 0.15) is 12.2 Å². The molecule has 0 spiro atoms. The number of piperidine rings is 1. The molecule has 2 bridgehead atoms. The molecule has 2 unspecified atom stereocenters. The Bertz CT molecular complexity index is 673. The average molecular weight is 389 g/mol. The molecule has 2 fully saturated rings. The van der Waals surface area contributed by atoms with Crippen LogP contribution in [0.3, 0.4) is 0 Å². The maximum atomic E-state index is 12.4. The van der Waals surface area contributed by atoms with Crippen LogP contribution in [0, 0.1) is 11.8 Å². The number of benzene rings is 1. The van der Waals surface area contributed by atoms with Crippen molar-refractivity contribution >= 4 is 12.2 Å². The number of alkyl carbamates (subject to hydrolysis) is 1. The zero-order valence-electron chi connectivity index (χ0n) is 16.9. The van der Waals surface area contributed by atoms with Crippen molar-refractivity contribution in [2.24, 2.45) is 17.6 Å². The minimum atomic E-state index is -0.516. The van der Waals surface area contributed by atoms with E-state index in [-0.39, 0.29) is 36.6 Å². The fraction of sp³-hybridized carbons (Fsp3) is 0.619. The van der Waals surface area contributed by atoms with E-state index < -0.39 is 11.7 Å². The van der Waals surface area contributed by atoms with Crippen molar-refractivity contribution in [3.8, 4) is 0 Å². The van der Waals surface area contributed by atoms with E-state index in [1.54, 1.807) is 4.90 Å². The molecule has 3 N–H and O–H groups in total. The van der Waals surface area contributed by atoms with Gasteiger partial charge in [-0.2, -0.15) is 0 Å². The number of nitrogens with two attached hydrogens (primary N) is 1. The summed E-state index contributed by atoms with van der Waals surface area (Å²) in [6.45, 7) is 6.96. The minimum absolute atomic E-state index is 0.0128. The van der Waals surface area contributed by atoms with Gasteiger partial charge in [-0.3, -0.25) is 0 Å². The van der Waals surface area contributed by atoms with Gasteiger partial charge in [-0.05, 0) is 51.0 Å². The van der Waals surface area contributed by atoms with Crippen molar-refractivity contribution in [2.45, 2.75) is 57.9 Å². The zero-order chi connectivity index (χ0) is 20.3. The van der Waals surface area contributed by atoms with Crippen molar-refractivity contribution in [3.63, 3.8) is 0 Å². The van der Waals surface area contributed by atoms with Crippen molar-refractivity contribution in [3.05, 3.63) is 35.9 Å². The molecule has 2 aliphatic rings. The molecule has 1 saturated carbocycles. The van der Waals surface area contributed by atoms with Crippen LogP contribution in [0.1, 0.15) is 39.2 Å². The Morgan fingerprint density at radius 2 is 1.75 bits per heavy atom. The Kier molecular flexibility index (Phi) is 6.13. The summed E-state index contributed by atoms with van der Waals surface area (Å²) in [4.78, 5) is 26.3. The normalized spacial score (nSPS) is 27.1. The summed E-state index contributed by atoms with van der Waals surface area (Å²) in [6, 6.07) is 9.64. The molecule has 7 heteroatoms. The molecular weight excluding hydrogens is 358 g/mol. The Labute approximate surface area is 166 Å². The second-order valence-corrected chi connectivity index (χ2v) is 8.86. The van der Waals surface area contributed by atoms with Crippen LogP contribution in [-0.4, -0.2) is 47.9 Å². The first-order chi connectivity index (χ1) is 13.2. The zero-order valence-corrected chi connectivity index (χ0v) is 16.9. The molecule has 1 aromatic carbocycles. The van der Waals surface area contributed by atoms with Crippen LogP contribution in [0.5, 0.6) is 0 Å². The van der Waals surface area contributed by atoms with Gasteiger partial charge in [0.15, 0.2) is 0 Å². The molecular formula is C21H31N3O4. The van der Waals surface area contributed by atoms with E-state index >= 15 is 0 Å². The SMILES string of the molecule is CC(C)(C)OC(=O)N1C[C@H]2CC(NC(=O)OCc3ccccc3)C[C@@H](C1)C2N. The van der Waals surface area contributed by atoms with Gasteiger partial charge in [0.2, 0.25) is 0 Å². The number of carbonyl (C=O) groups excluding carboxylic acids is 2. The monoisotopic (exact) mass is 389 g/mol. The lowest BCUT2D eigenvalue weighted by molar-refractivity contribution is -0.00581. The summed E-state index contributed by atoms with van der Waals surface area (Å²) < 4.78 is 10.8. The van der Waals surface area contributed by atoms with Crippen LogP contribution in [0.15, 0.2) is 30.3 Å². The summed E-state index contributed by atoms with van der Waals surface area (Å²) >= 11 is 0. The molecule has 1 aliphatic heterocycles. The predicted molar refractivity (Wildman–Crippen MR) is 106 cm³/mol. The molecule has 0 aromatic heterocycles. The second-order valence-electron chi connectivity index (χ2n) is 8.86. The van der Waals surface area contributed by atoms with Gasteiger partial charge < -0.3 is 25.4 Å². The minimum Gasteiger partial charge on any atom is -0.445 e. The van der Waals surface area contributed by atoms with E-state index in [0.29, 0.717) is 13.1 Å². The molecule has 154 valence electrons. The fourth-order valence-electron chi connectivity index (χ4n) is 4.08.